The molecule has 3 aromatic rings. The lowest BCUT2D eigenvalue weighted by Gasteiger charge is -2.07. The van der Waals surface area contributed by atoms with Crippen molar-refractivity contribution in [1.82, 2.24) is 8.96 Å². The molecule has 2 aromatic heterocycles. The molecule has 22 heavy (non-hydrogen) atoms. The summed E-state index contributed by atoms with van der Waals surface area (Å²) in [5.74, 6) is 0. The van der Waals surface area contributed by atoms with E-state index >= 15 is 0 Å². The van der Waals surface area contributed by atoms with Crippen LogP contribution in [0.4, 0.5) is 0 Å². The molecule has 0 fully saturated rings. The molecule has 0 aliphatic rings. The van der Waals surface area contributed by atoms with Crippen molar-refractivity contribution in [1.29, 1.82) is 5.26 Å². The number of nitrogens with zero attached hydrogens (tertiary/aromatic N) is 3. The van der Waals surface area contributed by atoms with Gasteiger partial charge < -0.3 is 0 Å². The molecule has 0 saturated heterocycles. The van der Waals surface area contributed by atoms with E-state index in [2.05, 4.69) is 20.9 Å². The molecule has 2 heterocycles. The van der Waals surface area contributed by atoms with Gasteiger partial charge in [-0.1, -0.05) is 17.7 Å². The summed E-state index contributed by atoms with van der Waals surface area (Å²) in [5, 5.41) is 9.51. The van der Waals surface area contributed by atoms with Crippen LogP contribution in [0.15, 0.2) is 52.1 Å². The maximum Gasteiger partial charge on any atom is 0.269 e. The minimum absolute atomic E-state index is 0.189. The first-order valence-corrected chi connectivity index (χ1v) is 8.56. The molecule has 0 amide bonds. The van der Waals surface area contributed by atoms with Crippen LogP contribution >= 0.6 is 15.9 Å². The molecule has 110 valence electrons. The molecule has 7 heteroatoms. The first-order chi connectivity index (χ1) is 10.4. The second-order valence-electron chi connectivity index (χ2n) is 4.80. The Bertz CT molecular complexity index is 1020. The third-order valence-corrected chi connectivity index (χ3v) is 5.57. The van der Waals surface area contributed by atoms with Crippen LogP contribution in [0.2, 0.25) is 0 Å². The van der Waals surface area contributed by atoms with Gasteiger partial charge in [-0.25, -0.2) is 17.4 Å². The summed E-state index contributed by atoms with van der Waals surface area (Å²) in [5.41, 5.74) is 1.64. The third-order valence-electron chi connectivity index (χ3n) is 3.27. The Morgan fingerprint density at radius 2 is 1.95 bits per heavy atom. The number of halogens is 1. The van der Waals surface area contributed by atoms with Gasteiger partial charge in [0.15, 0.2) is 5.65 Å². The van der Waals surface area contributed by atoms with E-state index in [1.807, 2.05) is 13.0 Å². The average Bonchev–Trinajstić information content (AvgIpc) is 2.85. The molecule has 5 nitrogen and oxygen atoms in total. The van der Waals surface area contributed by atoms with Crippen molar-refractivity contribution < 1.29 is 8.42 Å². The molecule has 0 bridgehead atoms. The van der Waals surface area contributed by atoms with E-state index in [0.29, 0.717) is 15.4 Å². The zero-order valence-electron chi connectivity index (χ0n) is 11.5. The van der Waals surface area contributed by atoms with E-state index in [1.54, 1.807) is 30.3 Å². The average molecular weight is 376 g/mol. The largest absolute Gasteiger partial charge is 0.269 e. The van der Waals surface area contributed by atoms with Crippen LogP contribution in [0.25, 0.3) is 11.0 Å². The van der Waals surface area contributed by atoms with Crippen molar-refractivity contribution in [2.45, 2.75) is 11.8 Å². The Balaban J connectivity index is 2.26. The van der Waals surface area contributed by atoms with Crippen molar-refractivity contribution in [3.63, 3.8) is 0 Å². The number of fused-ring (bicyclic) bond motifs is 1. The van der Waals surface area contributed by atoms with Gasteiger partial charge in [0, 0.05) is 22.3 Å². The van der Waals surface area contributed by atoms with Crippen molar-refractivity contribution in [3.05, 3.63) is 58.3 Å². The normalized spacial score (nSPS) is 11.5. The fourth-order valence-electron chi connectivity index (χ4n) is 2.11. The monoisotopic (exact) mass is 375 g/mol. The zero-order valence-corrected chi connectivity index (χ0v) is 13.9. The summed E-state index contributed by atoms with van der Waals surface area (Å²) in [4.78, 5) is 4.30. The highest BCUT2D eigenvalue weighted by molar-refractivity contribution is 9.10. The van der Waals surface area contributed by atoms with Crippen molar-refractivity contribution >= 4 is 37.0 Å². The molecular weight excluding hydrogens is 366 g/mol. The molecular formula is C15H10BrN3O2S. The maximum atomic E-state index is 12.8. The maximum absolute atomic E-state index is 12.8. The number of pyridine rings is 1. The smallest absolute Gasteiger partial charge is 0.236 e. The Labute approximate surface area is 136 Å². The number of aryl methyl sites for hydroxylation is 1. The lowest BCUT2D eigenvalue weighted by molar-refractivity contribution is 0.588. The molecule has 0 aliphatic heterocycles. The summed E-state index contributed by atoms with van der Waals surface area (Å²) in [7, 11) is -3.74. The van der Waals surface area contributed by atoms with E-state index in [1.165, 1.54) is 12.4 Å². The number of hydrogen-bond donors (Lipinski definition) is 0. The SMILES string of the molecule is Cc1ccc(S(=O)(=O)n2cc(Br)c3cc(C#N)cnc32)cc1. The standard InChI is InChI=1S/C15H10BrN3O2S/c1-10-2-4-12(5-3-10)22(20,21)19-9-14(16)13-6-11(7-17)8-18-15(13)19/h2-6,8-9H,1H3. The van der Waals surface area contributed by atoms with Gasteiger partial charge in [0.25, 0.3) is 10.0 Å². The van der Waals surface area contributed by atoms with Crippen molar-refractivity contribution in [3.8, 4) is 6.07 Å². The van der Waals surface area contributed by atoms with E-state index in [4.69, 9.17) is 5.26 Å². The summed E-state index contributed by atoms with van der Waals surface area (Å²) in [6.07, 6.45) is 2.81. The molecule has 0 atom stereocenters. The number of nitriles is 1. The van der Waals surface area contributed by atoms with E-state index in [9.17, 15) is 8.42 Å². The Kier molecular flexibility index (Phi) is 3.51. The molecule has 0 unspecified atom stereocenters. The van der Waals surface area contributed by atoms with Crippen LogP contribution in [0, 0.1) is 18.3 Å². The third kappa shape index (κ3) is 2.30. The zero-order chi connectivity index (χ0) is 15.9. The summed E-state index contributed by atoms with van der Waals surface area (Å²) in [6.45, 7) is 1.89. The van der Waals surface area contributed by atoms with Crippen LogP contribution in [-0.4, -0.2) is 17.4 Å². The molecule has 0 N–H and O–H groups in total. The highest BCUT2D eigenvalue weighted by Gasteiger charge is 2.21. The van der Waals surface area contributed by atoms with Crippen LogP contribution in [0.3, 0.4) is 0 Å². The Morgan fingerprint density at radius 3 is 2.59 bits per heavy atom. The highest BCUT2D eigenvalue weighted by atomic mass is 79.9. The van der Waals surface area contributed by atoms with Crippen molar-refractivity contribution in [2.75, 3.05) is 0 Å². The van der Waals surface area contributed by atoms with Crippen molar-refractivity contribution in [2.24, 2.45) is 0 Å². The minimum Gasteiger partial charge on any atom is -0.236 e. The summed E-state index contributed by atoms with van der Waals surface area (Å²) < 4.78 is 27.2. The lowest BCUT2D eigenvalue weighted by Crippen LogP contribution is -2.12. The number of aromatic nitrogens is 2. The fraction of sp³-hybridized carbons (Fsp3) is 0.0667. The van der Waals surface area contributed by atoms with E-state index < -0.39 is 10.0 Å². The highest BCUT2D eigenvalue weighted by Crippen LogP contribution is 2.28. The fourth-order valence-corrected chi connectivity index (χ4v) is 4.07. The number of rotatable bonds is 2. The molecule has 0 spiro atoms. The second kappa shape index (κ2) is 5.23. The van der Waals surface area contributed by atoms with Gasteiger partial charge >= 0.3 is 0 Å². The molecule has 0 radical (unpaired) electrons. The summed E-state index contributed by atoms with van der Waals surface area (Å²) >= 11 is 3.32. The van der Waals surface area contributed by atoms with Gasteiger partial charge in [-0.2, -0.15) is 5.26 Å². The number of benzene rings is 1. The molecule has 0 saturated carbocycles. The van der Waals surface area contributed by atoms with Crippen LogP contribution < -0.4 is 0 Å². The number of hydrogen-bond acceptors (Lipinski definition) is 4. The van der Waals surface area contributed by atoms with Gasteiger partial charge in [-0.05, 0) is 41.1 Å². The summed E-state index contributed by atoms with van der Waals surface area (Å²) in [6, 6.07) is 10.2. The van der Waals surface area contributed by atoms with Gasteiger partial charge in [-0.15, -0.1) is 0 Å². The molecule has 3 rings (SSSR count). The van der Waals surface area contributed by atoms with Gasteiger partial charge in [0.1, 0.15) is 6.07 Å². The second-order valence-corrected chi connectivity index (χ2v) is 7.47. The van der Waals surface area contributed by atoms with Crippen LogP contribution in [-0.2, 0) is 10.0 Å². The quantitative estimate of drug-likeness (QED) is 0.688. The lowest BCUT2D eigenvalue weighted by atomic mass is 10.2. The Morgan fingerprint density at radius 1 is 1.27 bits per heavy atom. The van der Waals surface area contributed by atoms with E-state index in [-0.39, 0.29) is 10.5 Å². The van der Waals surface area contributed by atoms with Crippen LogP contribution in [0.1, 0.15) is 11.1 Å². The predicted octanol–water partition coefficient (Wildman–Crippen LogP) is 3.22. The molecule has 1 aromatic carbocycles. The van der Waals surface area contributed by atoms with Gasteiger partial charge in [-0.3, -0.25) is 0 Å². The van der Waals surface area contributed by atoms with Crippen LogP contribution in [0.5, 0.6) is 0 Å². The Hall–Kier alpha value is -2.17. The first kappa shape index (κ1) is 14.8. The van der Waals surface area contributed by atoms with Gasteiger partial charge in [0.05, 0.1) is 10.5 Å². The minimum atomic E-state index is -3.74. The predicted molar refractivity (Wildman–Crippen MR) is 85.9 cm³/mol. The first-order valence-electron chi connectivity index (χ1n) is 6.32. The van der Waals surface area contributed by atoms with E-state index in [0.717, 1.165) is 9.54 Å². The molecule has 0 aliphatic carbocycles. The topological polar surface area (TPSA) is 75.8 Å². The van der Waals surface area contributed by atoms with Gasteiger partial charge in [0.2, 0.25) is 0 Å².